The maximum atomic E-state index is 13.6. The van der Waals surface area contributed by atoms with Crippen LogP contribution < -0.4 is 10.5 Å². The summed E-state index contributed by atoms with van der Waals surface area (Å²) in [4.78, 5) is 34.4. The van der Waals surface area contributed by atoms with E-state index in [1.165, 1.54) is 17.0 Å². The van der Waals surface area contributed by atoms with Gasteiger partial charge in [-0.25, -0.2) is 9.78 Å². The van der Waals surface area contributed by atoms with E-state index in [1.807, 2.05) is 18.2 Å². The van der Waals surface area contributed by atoms with E-state index in [-0.39, 0.29) is 30.7 Å². The second-order valence-electron chi connectivity index (χ2n) is 10.6. The zero-order valence-electron chi connectivity index (χ0n) is 22.8. The van der Waals surface area contributed by atoms with Crippen molar-refractivity contribution in [1.82, 2.24) is 19.4 Å². The normalized spacial score (nSPS) is 21.4. The summed E-state index contributed by atoms with van der Waals surface area (Å²) in [6.07, 6.45) is -2.86. The van der Waals surface area contributed by atoms with Gasteiger partial charge in [0.15, 0.2) is 0 Å². The largest absolute Gasteiger partial charge is 0.416 e. The van der Waals surface area contributed by atoms with Crippen LogP contribution >= 0.6 is 0 Å². The van der Waals surface area contributed by atoms with Crippen LogP contribution in [0, 0.1) is 5.92 Å². The predicted molar refractivity (Wildman–Crippen MR) is 145 cm³/mol. The topological polar surface area (TPSA) is 103 Å². The highest BCUT2D eigenvalue weighted by Gasteiger charge is 2.42. The van der Waals surface area contributed by atoms with Gasteiger partial charge in [-0.1, -0.05) is 18.2 Å². The van der Waals surface area contributed by atoms with Crippen molar-refractivity contribution >= 4 is 23.0 Å². The van der Waals surface area contributed by atoms with E-state index < -0.39 is 29.8 Å². The molecular weight excluding hydrogens is 539 g/mol. The second-order valence-corrected chi connectivity index (χ2v) is 10.6. The summed E-state index contributed by atoms with van der Waals surface area (Å²) in [5, 5.41) is 0. The van der Waals surface area contributed by atoms with E-state index in [0.717, 1.165) is 54.8 Å². The standard InChI is InChI=1S/C29H34F3N5O4/c1-40-14-6-13-37-25-11-3-2-10-24(25)34-26(37)19-7-5-12-35(16-19)27(38)22-17-36(18-23(22)33)28(39)41-21-9-4-8-20(15-21)29(30,31)32/h2-4,8-11,15,19,22-23H,5-7,12-14,16-18,33H2,1H3/t19?,22-,23-/m1/s1. The molecule has 2 saturated heterocycles. The van der Waals surface area contributed by atoms with Crippen LogP contribution in [0.2, 0.25) is 0 Å². The number of benzene rings is 2. The molecule has 2 N–H and O–H groups in total. The van der Waals surface area contributed by atoms with Crippen LogP contribution in [0.4, 0.5) is 18.0 Å². The van der Waals surface area contributed by atoms with E-state index in [4.69, 9.17) is 20.2 Å². The van der Waals surface area contributed by atoms with Crippen LogP contribution in [0.3, 0.4) is 0 Å². The number of aryl methyl sites for hydroxylation is 1. The number of alkyl halides is 3. The lowest BCUT2D eigenvalue weighted by molar-refractivity contribution is -0.138. The number of nitrogens with two attached hydrogens (primary N) is 1. The monoisotopic (exact) mass is 573 g/mol. The Hall–Kier alpha value is -3.64. The summed E-state index contributed by atoms with van der Waals surface area (Å²) < 4.78 is 51.8. The molecule has 41 heavy (non-hydrogen) atoms. The fourth-order valence-electron chi connectivity index (χ4n) is 5.77. The number of piperidine rings is 1. The Labute approximate surface area is 236 Å². The molecule has 2 aromatic carbocycles. The van der Waals surface area contributed by atoms with E-state index in [0.29, 0.717) is 19.7 Å². The predicted octanol–water partition coefficient (Wildman–Crippen LogP) is 4.26. The first kappa shape index (κ1) is 28.9. The van der Waals surface area contributed by atoms with Crippen LogP contribution in [-0.4, -0.2) is 77.3 Å². The number of halogens is 3. The number of hydrogen-bond donors (Lipinski definition) is 1. The van der Waals surface area contributed by atoms with Crippen molar-refractivity contribution < 1.29 is 32.2 Å². The van der Waals surface area contributed by atoms with Crippen molar-refractivity contribution in [3.63, 3.8) is 0 Å². The van der Waals surface area contributed by atoms with Gasteiger partial charge in [0.05, 0.1) is 22.5 Å². The Kier molecular flexibility index (Phi) is 8.50. The van der Waals surface area contributed by atoms with Crippen LogP contribution in [0.1, 0.15) is 36.6 Å². The number of carbonyl (C=O) groups excluding carboxylic acids is 2. The third kappa shape index (κ3) is 6.33. The van der Waals surface area contributed by atoms with Crippen molar-refractivity contribution in [2.75, 3.05) is 39.9 Å². The van der Waals surface area contributed by atoms with E-state index in [2.05, 4.69) is 10.6 Å². The summed E-state index contributed by atoms with van der Waals surface area (Å²) in [5.74, 6) is -0.00793. The van der Waals surface area contributed by atoms with Crippen molar-refractivity contribution in [3.8, 4) is 5.75 Å². The molecule has 0 bridgehead atoms. The van der Waals surface area contributed by atoms with E-state index in [1.54, 1.807) is 12.0 Å². The number of ether oxygens (including phenoxy) is 2. The summed E-state index contributed by atoms with van der Waals surface area (Å²) >= 11 is 0. The molecule has 0 spiro atoms. The minimum Gasteiger partial charge on any atom is -0.410 e. The zero-order valence-corrected chi connectivity index (χ0v) is 22.8. The fraction of sp³-hybridized carbons (Fsp3) is 0.483. The lowest BCUT2D eigenvalue weighted by atomic mass is 9.94. The molecule has 2 fully saturated rings. The lowest BCUT2D eigenvalue weighted by Gasteiger charge is -2.34. The van der Waals surface area contributed by atoms with E-state index >= 15 is 0 Å². The number of likely N-dealkylation sites (tertiary alicyclic amines) is 2. The average molecular weight is 574 g/mol. The molecule has 1 unspecified atom stereocenters. The van der Waals surface area contributed by atoms with Gasteiger partial charge < -0.3 is 29.6 Å². The minimum absolute atomic E-state index is 0.0362. The van der Waals surface area contributed by atoms with Gasteiger partial charge >= 0.3 is 12.3 Å². The van der Waals surface area contributed by atoms with Crippen LogP contribution in [-0.2, 0) is 22.3 Å². The first-order valence-corrected chi connectivity index (χ1v) is 13.8. The van der Waals surface area contributed by atoms with Gasteiger partial charge in [0.25, 0.3) is 0 Å². The molecule has 5 rings (SSSR count). The molecule has 0 radical (unpaired) electrons. The molecule has 3 aromatic rings. The lowest BCUT2D eigenvalue weighted by Crippen LogP contribution is -2.47. The number of amides is 2. The third-order valence-electron chi connectivity index (χ3n) is 7.82. The molecule has 2 amide bonds. The third-order valence-corrected chi connectivity index (χ3v) is 7.82. The van der Waals surface area contributed by atoms with Gasteiger partial charge in [-0.15, -0.1) is 0 Å². The molecule has 3 atom stereocenters. The summed E-state index contributed by atoms with van der Waals surface area (Å²) in [6.45, 7) is 2.56. The molecule has 12 heteroatoms. The van der Waals surface area contributed by atoms with Crippen LogP contribution in [0.15, 0.2) is 48.5 Å². The SMILES string of the molecule is COCCCn1c(C2CCCN(C(=O)[C@@H]3CN(C(=O)Oc4cccc(C(F)(F)F)c4)C[C@H]3N)C2)nc2ccccc21. The summed E-state index contributed by atoms with van der Waals surface area (Å²) in [7, 11) is 1.68. The number of hydrogen-bond acceptors (Lipinski definition) is 6. The highest BCUT2D eigenvalue weighted by atomic mass is 19.4. The number of nitrogens with zero attached hydrogens (tertiary/aromatic N) is 4. The Morgan fingerprint density at radius 1 is 1.07 bits per heavy atom. The van der Waals surface area contributed by atoms with E-state index in [9.17, 15) is 22.8 Å². The van der Waals surface area contributed by atoms with Crippen molar-refractivity contribution in [1.29, 1.82) is 0 Å². The number of carbonyl (C=O) groups is 2. The molecule has 1 aromatic heterocycles. The van der Waals surface area contributed by atoms with Gasteiger partial charge in [-0.05, 0) is 49.6 Å². The Morgan fingerprint density at radius 2 is 1.88 bits per heavy atom. The van der Waals surface area contributed by atoms with Crippen molar-refractivity contribution in [2.45, 2.75) is 43.9 Å². The van der Waals surface area contributed by atoms with Crippen molar-refractivity contribution in [3.05, 3.63) is 59.9 Å². The maximum Gasteiger partial charge on any atom is 0.416 e. The molecular formula is C29H34F3N5O4. The molecule has 0 aliphatic carbocycles. The average Bonchev–Trinajstić information content (AvgIpc) is 3.53. The van der Waals surface area contributed by atoms with Gasteiger partial charge in [0.2, 0.25) is 5.91 Å². The van der Waals surface area contributed by atoms with Crippen molar-refractivity contribution in [2.24, 2.45) is 11.7 Å². The Balaban J connectivity index is 1.26. The highest BCUT2D eigenvalue weighted by Crippen LogP contribution is 2.33. The van der Waals surface area contributed by atoms with Gasteiger partial charge in [-0.2, -0.15) is 13.2 Å². The number of aromatic nitrogens is 2. The van der Waals surface area contributed by atoms with Crippen LogP contribution in [0.5, 0.6) is 5.75 Å². The Morgan fingerprint density at radius 3 is 2.66 bits per heavy atom. The number of imidazole rings is 1. The van der Waals surface area contributed by atoms with Gasteiger partial charge in [-0.3, -0.25) is 4.79 Å². The first-order chi connectivity index (χ1) is 19.7. The quantitative estimate of drug-likeness (QED) is 0.424. The molecule has 2 aliphatic heterocycles. The minimum atomic E-state index is -4.56. The summed E-state index contributed by atoms with van der Waals surface area (Å²) in [6, 6.07) is 11.5. The fourth-order valence-corrected chi connectivity index (χ4v) is 5.77. The molecule has 3 heterocycles. The Bertz CT molecular complexity index is 1390. The molecule has 9 nitrogen and oxygen atoms in total. The van der Waals surface area contributed by atoms with Gasteiger partial charge in [0.1, 0.15) is 11.6 Å². The summed E-state index contributed by atoms with van der Waals surface area (Å²) in [5.41, 5.74) is 7.35. The zero-order chi connectivity index (χ0) is 29.1. The van der Waals surface area contributed by atoms with Gasteiger partial charge in [0, 0.05) is 58.4 Å². The number of rotatable bonds is 7. The van der Waals surface area contributed by atoms with Crippen LogP contribution in [0.25, 0.3) is 11.0 Å². The second kappa shape index (κ2) is 12.1. The highest BCUT2D eigenvalue weighted by molar-refractivity contribution is 5.82. The smallest absolute Gasteiger partial charge is 0.410 e. The first-order valence-electron chi connectivity index (χ1n) is 13.8. The molecule has 2 aliphatic rings. The number of para-hydroxylation sites is 2. The number of fused-ring (bicyclic) bond motifs is 1. The molecule has 220 valence electrons. The number of methoxy groups -OCH3 is 1. The molecule has 0 saturated carbocycles. The maximum absolute atomic E-state index is 13.6.